The molecular weight excluding hydrogens is 772 g/mol. The Morgan fingerprint density at radius 3 is 2.27 bits per heavy atom. The number of rotatable bonds is 8. The molecule has 5 nitrogen and oxygen atoms in total. The fourth-order valence-corrected chi connectivity index (χ4v) is 6.43. The molecule has 0 aliphatic carbocycles. The zero-order valence-electron chi connectivity index (χ0n) is 28.4. The third kappa shape index (κ3) is 6.24. The molecule has 3 aromatic heterocycles. The van der Waals surface area contributed by atoms with Gasteiger partial charge in [-0.05, 0) is 76.2 Å². The van der Waals surface area contributed by atoms with Crippen molar-refractivity contribution in [3.8, 4) is 34.1 Å². The quantitative estimate of drug-likeness (QED) is 0.144. The summed E-state index contributed by atoms with van der Waals surface area (Å²) in [4.78, 5) is 4.76. The number of nitrogens with zero attached hydrogens (tertiary/aromatic N) is 4. The molecule has 0 amide bonds. The topological polar surface area (TPSA) is 44.9 Å². The molecular formula is C42H40N4OPt. The molecule has 0 saturated heterocycles. The normalized spacial score (nSPS) is 11.6. The summed E-state index contributed by atoms with van der Waals surface area (Å²) in [7, 11) is 0. The summed E-state index contributed by atoms with van der Waals surface area (Å²) in [6.07, 6.45) is 8.84. The number of aryl methyl sites for hydroxylation is 3. The molecule has 0 aliphatic heterocycles. The Kier molecular flexibility index (Phi) is 9.45. The molecule has 0 aliphatic rings. The van der Waals surface area contributed by atoms with Crippen LogP contribution >= 0.6 is 0 Å². The van der Waals surface area contributed by atoms with Gasteiger partial charge >= 0.3 is 21.1 Å². The van der Waals surface area contributed by atoms with Gasteiger partial charge in [-0.3, -0.25) is 4.68 Å². The van der Waals surface area contributed by atoms with Gasteiger partial charge in [0.15, 0.2) is 0 Å². The first-order chi connectivity index (χ1) is 22.8. The number of ether oxygens (including phenoxy) is 1. The van der Waals surface area contributed by atoms with E-state index in [0.29, 0.717) is 11.5 Å². The first kappa shape index (κ1) is 33.4. The van der Waals surface area contributed by atoms with E-state index in [9.17, 15) is 0 Å². The van der Waals surface area contributed by atoms with Crippen molar-refractivity contribution >= 4 is 21.8 Å². The smallest absolute Gasteiger partial charge is 0.509 e. The van der Waals surface area contributed by atoms with Crippen molar-refractivity contribution in [2.45, 2.75) is 66.2 Å². The van der Waals surface area contributed by atoms with Crippen LogP contribution < -0.4 is 4.74 Å². The Hall–Kier alpha value is -4.47. The van der Waals surface area contributed by atoms with Crippen LogP contribution in [-0.4, -0.2) is 19.3 Å². The van der Waals surface area contributed by atoms with E-state index in [1.807, 2.05) is 23.1 Å². The molecule has 0 unspecified atom stereocenters. The molecule has 48 heavy (non-hydrogen) atoms. The summed E-state index contributed by atoms with van der Waals surface area (Å²) in [6.45, 7) is 13.2. The number of benzene rings is 4. The van der Waals surface area contributed by atoms with E-state index >= 15 is 0 Å². The largest absolute Gasteiger partial charge is 2.00 e. The van der Waals surface area contributed by atoms with Crippen molar-refractivity contribution in [1.29, 1.82) is 0 Å². The maximum absolute atomic E-state index is 6.59. The van der Waals surface area contributed by atoms with E-state index in [1.165, 1.54) is 22.3 Å². The van der Waals surface area contributed by atoms with Gasteiger partial charge in [-0.2, -0.15) is 11.2 Å². The summed E-state index contributed by atoms with van der Waals surface area (Å²) in [5, 5.41) is 7.08. The van der Waals surface area contributed by atoms with Crippen molar-refractivity contribution in [3.63, 3.8) is 0 Å². The zero-order chi connectivity index (χ0) is 32.7. The van der Waals surface area contributed by atoms with Crippen LogP contribution in [0.5, 0.6) is 11.5 Å². The van der Waals surface area contributed by atoms with E-state index in [-0.39, 0.29) is 26.5 Å². The molecule has 0 N–H and O–H groups in total. The second kappa shape index (κ2) is 13.6. The first-order valence-corrected chi connectivity index (χ1v) is 16.6. The van der Waals surface area contributed by atoms with Gasteiger partial charge in [0.25, 0.3) is 0 Å². The Labute approximate surface area is 297 Å². The molecule has 0 fully saturated rings. The third-order valence-electron chi connectivity index (χ3n) is 9.04. The van der Waals surface area contributed by atoms with E-state index < -0.39 is 0 Å². The predicted octanol–water partition coefficient (Wildman–Crippen LogP) is 10.4. The Morgan fingerprint density at radius 2 is 1.54 bits per heavy atom. The first-order valence-electron chi connectivity index (χ1n) is 16.6. The van der Waals surface area contributed by atoms with Gasteiger partial charge in [0.2, 0.25) is 0 Å². The van der Waals surface area contributed by atoms with Crippen LogP contribution in [0.25, 0.3) is 44.4 Å². The summed E-state index contributed by atoms with van der Waals surface area (Å²) in [5.41, 5.74) is 10.2. The summed E-state index contributed by atoms with van der Waals surface area (Å²) in [5.74, 6) is 2.11. The van der Waals surface area contributed by atoms with E-state index in [0.717, 1.165) is 63.7 Å². The van der Waals surface area contributed by atoms with Crippen LogP contribution in [0.3, 0.4) is 0 Å². The van der Waals surface area contributed by atoms with Crippen molar-refractivity contribution < 1.29 is 25.8 Å². The van der Waals surface area contributed by atoms with Crippen molar-refractivity contribution in [2.75, 3.05) is 0 Å². The van der Waals surface area contributed by atoms with Crippen LogP contribution in [-0.2, 0) is 45.7 Å². The van der Waals surface area contributed by atoms with Gasteiger partial charge in [0, 0.05) is 35.0 Å². The minimum atomic E-state index is -0.113. The van der Waals surface area contributed by atoms with Gasteiger partial charge in [-0.15, -0.1) is 41.3 Å². The summed E-state index contributed by atoms with van der Waals surface area (Å²) in [6, 6.07) is 34.7. The molecule has 3 heterocycles. The molecule has 7 rings (SSSR count). The Balaban J connectivity index is 0.00000401. The molecule has 0 radical (unpaired) electrons. The van der Waals surface area contributed by atoms with Gasteiger partial charge in [0.1, 0.15) is 5.82 Å². The Bertz CT molecular complexity index is 2210. The maximum Gasteiger partial charge on any atom is 2.00 e. The fourth-order valence-electron chi connectivity index (χ4n) is 6.43. The summed E-state index contributed by atoms with van der Waals surface area (Å²) >= 11 is 0. The Morgan fingerprint density at radius 1 is 0.771 bits per heavy atom. The molecule has 6 heteroatoms. The molecule has 4 aromatic carbocycles. The third-order valence-corrected chi connectivity index (χ3v) is 9.04. The average Bonchev–Trinajstić information content (AvgIpc) is 3.70. The molecule has 0 bridgehead atoms. The van der Waals surface area contributed by atoms with Crippen LogP contribution in [0, 0.1) is 12.1 Å². The van der Waals surface area contributed by atoms with Gasteiger partial charge in [0.05, 0.1) is 6.20 Å². The monoisotopic (exact) mass is 811 g/mol. The maximum atomic E-state index is 6.59. The van der Waals surface area contributed by atoms with Crippen LogP contribution in [0.2, 0.25) is 0 Å². The van der Waals surface area contributed by atoms with Crippen molar-refractivity contribution in [2.24, 2.45) is 0 Å². The standard InChI is InChI=1S/C42H40N4O.Pt/c1-7-28-19-20-43-40(21-28)46-38-16-11-10-15-36(38)37-18-17-34(25-39(37)46)47-35-23-32(42(4,5)6)22-33(24-35)45-27-31(26-44-45)41-29(8-2)13-12-14-30(41)9-3;/h10-23,26-27H,7-9H2,1-6H3;/q-2;+2. The van der Waals surface area contributed by atoms with Crippen molar-refractivity contribution in [1.82, 2.24) is 19.3 Å². The minimum absolute atomic E-state index is 0. The number of hydrogen-bond donors (Lipinski definition) is 0. The number of pyridine rings is 1. The SMILES string of the molecule is CCc1ccnc(-n2c3[c-]c(Oc4[c-]c(-n5cc(-c6c(CC)cccc6CC)cn5)cc(C(C)(C)C)c4)ccc3c3ccccc32)c1.[Pt+2]. The second-order valence-corrected chi connectivity index (χ2v) is 13.1. The zero-order valence-corrected chi connectivity index (χ0v) is 30.6. The fraction of sp³-hybridized carbons (Fsp3) is 0.238. The van der Waals surface area contributed by atoms with E-state index in [2.05, 4.69) is 137 Å². The minimum Gasteiger partial charge on any atom is -0.509 e. The molecule has 0 atom stereocenters. The molecule has 7 aromatic rings. The van der Waals surface area contributed by atoms with Gasteiger partial charge < -0.3 is 9.30 Å². The predicted molar refractivity (Wildman–Crippen MR) is 192 cm³/mol. The van der Waals surface area contributed by atoms with Gasteiger partial charge in [-0.25, -0.2) is 4.98 Å². The molecule has 0 spiro atoms. The van der Waals surface area contributed by atoms with E-state index in [4.69, 9.17) is 14.8 Å². The van der Waals surface area contributed by atoms with Crippen molar-refractivity contribution in [3.05, 3.63) is 132 Å². The molecule has 0 saturated carbocycles. The van der Waals surface area contributed by atoms with Crippen LogP contribution in [0.4, 0.5) is 0 Å². The number of aromatic nitrogens is 4. The number of fused-ring (bicyclic) bond motifs is 3. The van der Waals surface area contributed by atoms with E-state index in [1.54, 1.807) is 0 Å². The number of hydrogen-bond acceptors (Lipinski definition) is 3. The molecule has 244 valence electrons. The second-order valence-electron chi connectivity index (χ2n) is 13.1. The van der Waals surface area contributed by atoms with Crippen LogP contribution in [0.1, 0.15) is 63.8 Å². The van der Waals surface area contributed by atoms with Crippen LogP contribution in [0.15, 0.2) is 97.5 Å². The summed E-state index contributed by atoms with van der Waals surface area (Å²) < 4.78 is 10.7. The average molecular weight is 812 g/mol. The van der Waals surface area contributed by atoms with Gasteiger partial charge in [-0.1, -0.05) is 83.5 Å². The number of para-hydroxylation sites is 1.